The van der Waals surface area contributed by atoms with E-state index in [2.05, 4.69) is 5.32 Å². The number of halogens is 1. The molecular formula is C18H20ClNO4. The quantitative estimate of drug-likeness (QED) is 0.750. The Kier molecular flexibility index (Phi) is 6.46. The lowest BCUT2D eigenvalue weighted by molar-refractivity contribution is -0.153. The second-order valence-electron chi connectivity index (χ2n) is 5.10. The van der Waals surface area contributed by atoms with E-state index >= 15 is 0 Å². The number of carbonyl (C=O) groups is 1. The summed E-state index contributed by atoms with van der Waals surface area (Å²) in [6.45, 7) is 1.89. The number of benzene rings is 2. The van der Waals surface area contributed by atoms with Crippen LogP contribution in [0.25, 0.3) is 0 Å². The number of hydrogen-bond acceptors (Lipinski definition) is 5. The number of aliphatic hydroxyl groups excluding tert-OH is 1. The number of esters is 1. The highest BCUT2D eigenvalue weighted by molar-refractivity contribution is 6.30. The van der Waals surface area contributed by atoms with E-state index in [4.69, 9.17) is 21.1 Å². The van der Waals surface area contributed by atoms with E-state index in [0.29, 0.717) is 16.5 Å². The highest BCUT2D eigenvalue weighted by Gasteiger charge is 2.29. The maximum atomic E-state index is 12.0. The van der Waals surface area contributed by atoms with E-state index in [1.165, 1.54) is 0 Å². The molecule has 0 saturated heterocycles. The lowest BCUT2D eigenvalue weighted by Crippen LogP contribution is -2.34. The zero-order valence-electron chi connectivity index (χ0n) is 13.5. The summed E-state index contributed by atoms with van der Waals surface area (Å²) in [7, 11) is 1.57. The number of rotatable bonds is 7. The maximum absolute atomic E-state index is 12.0. The number of nitrogens with one attached hydrogen (secondary N) is 1. The first-order valence-electron chi connectivity index (χ1n) is 7.56. The standard InChI is InChI=1S/C18H20ClNO4/c1-3-24-18(22)17(21)16(12-7-9-15(23-2)10-8-12)20-14-6-4-5-13(19)11-14/h4-11,16-17,20-21H,3H2,1-2H3/t16-,17-/m0/s1. The lowest BCUT2D eigenvalue weighted by Gasteiger charge is -2.24. The SMILES string of the molecule is CCOC(=O)[C@@H](O)[C@@H](Nc1cccc(Cl)c1)c1ccc(OC)cc1. The number of carbonyl (C=O) groups excluding carboxylic acids is 1. The molecule has 2 N–H and O–H groups in total. The minimum atomic E-state index is -1.36. The Morgan fingerprint density at radius 1 is 1.25 bits per heavy atom. The van der Waals surface area contributed by atoms with E-state index < -0.39 is 18.1 Å². The van der Waals surface area contributed by atoms with E-state index in [-0.39, 0.29) is 6.61 Å². The summed E-state index contributed by atoms with van der Waals surface area (Å²) in [6, 6.07) is 13.5. The molecule has 2 aromatic rings. The molecule has 0 aliphatic heterocycles. The largest absolute Gasteiger partial charge is 0.497 e. The van der Waals surface area contributed by atoms with Gasteiger partial charge in [-0.25, -0.2) is 4.79 Å². The van der Waals surface area contributed by atoms with Crippen molar-refractivity contribution in [2.75, 3.05) is 19.0 Å². The molecule has 6 heteroatoms. The Labute approximate surface area is 146 Å². The summed E-state index contributed by atoms with van der Waals surface area (Å²) in [5, 5.41) is 14.1. The minimum Gasteiger partial charge on any atom is -0.497 e. The van der Waals surface area contributed by atoms with Gasteiger partial charge in [-0.15, -0.1) is 0 Å². The molecule has 24 heavy (non-hydrogen) atoms. The van der Waals surface area contributed by atoms with E-state index in [1.54, 1.807) is 62.6 Å². The Balaban J connectivity index is 2.30. The topological polar surface area (TPSA) is 67.8 Å². The zero-order chi connectivity index (χ0) is 17.5. The summed E-state index contributed by atoms with van der Waals surface area (Å²) < 4.78 is 10.1. The Hall–Kier alpha value is -2.24. The van der Waals surface area contributed by atoms with Crippen LogP contribution in [0.5, 0.6) is 5.75 Å². The number of methoxy groups -OCH3 is 1. The molecule has 128 valence electrons. The average Bonchev–Trinajstić information content (AvgIpc) is 2.59. The van der Waals surface area contributed by atoms with Gasteiger partial charge in [-0.05, 0) is 42.8 Å². The van der Waals surface area contributed by atoms with Crippen molar-refractivity contribution in [2.24, 2.45) is 0 Å². The molecule has 0 heterocycles. The van der Waals surface area contributed by atoms with Crippen LogP contribution in [-0.2, 0) is 9.53 Å². The van der Waals surface area contributed by atoms with Gasteiger partial charge < -0.3 is 19.9 Å². The summed E-state index contributed by atoms with van der Waals surface area (Å²) >= 11 is 6.00. The van der Waals surface area contributed by atoms with Crippen molar-refractivity contribution >= 4 is 23.3 Å². The Bertz CT molecular complexity index is 675. The van der Waals surface area contributed by atoms with Crippen molar-refractivity contribution in [1.82, 2.24) is 0 Å². The number of aliphatic hydroxyl groups is 1. The molecule has 2 atom stereocenters. The molecule has 0 bridgehead atoms. The van der Waals surface area contributed by atoms with Gasteiger partial charge in [0.1, 0.15) is 5.75 Å². The molecule has 0 radical (unpaired) electrons. The summed E-state index contributed by atoms with van der Waals surface area (Å²) in [6.07, 6.45) is -1.36. The smallest absolute Gasteiger partial charge is 0.337 e. The first-order valence-corrected chi connectivity index (χ1v) is 7.93. The van der Waals surface area contributed by atoms with Crippen LogP contribution in [0.2, 0.25) is 5.02 Å². The van der Waals surface area contributed by atoms with Gasteiger partial charge in [0.25, 0.3) is 0 Å². The van der Waals surface area contributed by atoms with Gasteiger partial charge in [-0.1, -0.05) is 29.8 Å². The van der Waals surface area contributed by atoms with Gasteiger partial charge in [-0.3, -0.25) is 0 Å². The molecule has 0 unspecified atom stereocenters. The van der Waals surface area contributed by atoms with E-state index in [9.17, 15) is 9.90 Å². The molecule has 0 spiro atoms. The van der Waals surface area contributed by atoms with Crippen molar-refractivity contribution in [3.63, 3.8) is 0 Å². The van der Waals surface area contributed by atoms with Gasteiger partial charge in [0.2, 0.25) is 0 Å². The normalized spacial score (nSPS) is 13.0. The van der Waals surface area contributed by atoms with Crippen molar-refractivity contribution in [3.05, 3.63) is 59.1 Å². The summed E-state index contributed by atoms with van der Waals surface area (Å²) in [5.74, 6) is -0.00118. The number of hydrogen-bond donors (Lipinski definition) is 2. The zero-order valence-corrected chi connectivity index (χ0v) is 14.3. The Morgan fingerprint density at radius 2 is 1.96 bits per heavy atom. The van der Waals surface area contributed by atoms with Crippen molar-refractivity contribution in [2.45, 2.75) is 19.1 Å². The molecule has 0 saturated carbocycles. The van der Waals surface area contributed by atoms with Gasteiger partial charge in [0.15, 0.2) is 6.10 Å². The lowest BCUT2D eigenvalue weighted by atomic mass is 10.0. The third kappa shape index (κ3) is 4.63. The first kappa shape index (κ1) is 18.1. The van der Waals surface area contributed by atoms with Crippen LogP contribution < -0.4 is 10.1 Å². The van der Waals surface area contributed by atoms with Crippen LogP contribution in [0.15, 0.2) is 48.5 Å². The van der Waals surface area contributed by atoms with Gasteiger partial charge in [0.05, 0.1) is 19.8 Å². The van der Waals surface area contributed by atoms with Gasteiger partial charge in [-0.2, -0.15) is 0 Å². The maximum Gasteiger partial charge on any atom is 0.337 e. The van der Waals surface area contributed by atoms with Crippen molar-refractivity contribution in [1.29, 1.82) is 0 Å². The molecule has 0 aliphatic carbocycles. The van der Waals surface area contributed by atoms with Crippen molar-refractivity contribution in [3.8, 4) is 5.75 Å². The predicted molar refractivity (Wildman–Crippen MR) is 93.4 cm³/mol. The van der Waals surface area contributed by atoms with Crippen molar-refractivity contribution < 1.29 is 19.4 Å². The molecule has 0 amide bonds. The second kappa shape index (κ2) is 8.57. The third-order valence-electron chi connectivity index (χ3n) is 3.47. The molecular weight excluding hydrogens is 330 g/mol. The van der Waals surface area contributed by atoms with Crippen LogP contribution in [0.4, 0.5) is 5.69 Å². The van der Waals surface area contributed by atoms with Crippen LogP contribution in [-0.4, -0.2) is 30.9 Å². The van der Waals surface area contributed by atoms with E-state index in [0.717, 1.165) is 5.56 Å². The molecule has 0 fully saturated rings. The fraction of sp³-hybridized carbons (Fsp3) is 0.278. The predicted octanol–water partition coefficient (Wildman–Crippen LogP) is 3.43. The van der Waals surface area contributed by atoms with Crippen LogP contribution in [0.1, 0.15) is 18.5 Å². The highest BCUT2D eigenvalue weighted by atomic mass is 35.5. The highest BCUT2D eigenvalue weighted by Crippen LogP contribution is 2.27. The number of anilines is 1. The Morgan fingerprint density at radius 3 is 2.54 bits per heavy atom. The van der Waals surface area contributed by atoms with Crippen LogP contribution in [0.3, 0.4) is 0 Å². The summed E-state index contributed by atoms with van der Waals surface area (Å²) in [4.78, 5) is 12.0. The minimum absolute atomic E-state index is 0.197. The van der Waals surface area contributed by atoms with Gasteiger partial charge in [0, 0.05) is 10.7 Å². The first-order chi connectivity index (χ1) is 11.5. The molecule has 2 rings (SSSR count). The average molecular weight is 350 g/mol. The number of ether oxygens (including phenoxy) is 2. The third-order valence-corrected chi connectivity index (χ3v) is 3.70. The fourth-order valence-electron chi connectivity index (χ4n) is 2.28. The molecule has 0 aliphatic rings. The van der Waals surface area contributed by atoms with Crippen LogP contribution in [0, 0.1) is 0 Å². The summed E-state index contributed by atoms with van der Waals surface area (Å²) in [5.41, 5.74) is 1.41. The monoisotopic (exact) mass is 349 g/mol. The van der Waals surface area contributed by atoms with Crippen LogP contribution >= 0.6 is 11.6 Å². The fourth-order valence-corrected chi connectivity index (χ4v) is 2.47. The van der Waals surface area contributed by atoms with E-state index in [1.807, 2.05) is 0 Å². The van der Waals surface area contributed by atoms with Gasteiger partial charge >= 0.3 is 5.97 Å². The molecule has 2 aromatic carbocycles. The molecule has 5 nitrogen and oxygen atoms in total. The second-order valence-corrected chi connectivity index (χ2v) is 5.54. The molecule has 0 aromatic heterocycles.